The number of ether oxygens (including phenoxy) is 4. The number of carbonyl (C=O) groups is 3. The van der Waals surface area contributed by atoms with Gasteiger partial charge in [0, 0.05) is 19.2 Å². The molecule has 14 nitrogen and oxygen atoms in total. The van der Waals surface area contributed by atoms with Crippen LogP contribution < -0.4 is 20.1 Å². The molecule has 2 atom stereocenters. The van der Waals surface area contributed by atoms with Crippen molar-refractivity contribution in [2.24, 2.45) is 4.99 Å². The third-order valence-electron chi connectivity index (χ3n) is 8.01. The van der Waals surface area contributed by atoms with Gasteiger partial charge in [-0.3, -0.25) is 13.9 Å². The van der Waals surface area contributed by atoms with Crippen molar-refractivity contribution in [3.63, 3.8) is 0 Å². The molecule has 15 heteroatoms. The molecule has 260 valence electrons. The van der Waals surface area contributed by atoms with Gasteiger partial charge in [-0.05, 0) is 69.7 Å². The number of likely N-dealkylation sites (N-methyl/N-ethyl adjacent to an activating group) is 1. The van der Waals surface area contributed by atoms with Crippen molar-refractivity contribution in [3.8, 4) is 11.5 Å². The molecule has 0 bridgehead atoms. The Hall–Kier alpha value is -5.15. The number of amides is 3. The molecule has 0 radical (unpaired) electrons. The topological polar surface area (TPSA) is 165 Å². The lowest BCUT2D eigenvalue weighted by atomic mass is 10.1. The maximum atomic E-state index is 14.2. The van der Waals surface area contributed by atoms with E-state index in [1.165, 1.54) is 46.2 Å². The van der Waals surface area contributed by atoms with Gasteiger partial charge in [0.1, 0.15) is 23.1 Å². The second-order valence-electron chi connectivity index (χ2n) is 12.0. The number of amidine groups is 1. The lowest BCUT2D eigenvalue weighted by molar-refractivity contribution is -0.137. The van der Waals surface area contributed by atoms with E-state index >= 15 is 0 Å². The number of aliphatic imine (C=N–C) groups is 1. The SMILES string of the molecule is CCC(OCNc1ccc(OC)c(NC(=O)C(C2=Nc3ccccc3S(=O)(=O)N2C)N2C(=O)OC(C)(C)C2=O)c1)Oc1ccc(C)cc1C. The molecule has 2 unspecified atom stereocenters. The molecule has 0 aromatic heterocycles. The van der Waals surface area contributed by atoms with Crippen LogP contribution in [-0.2, 0) is 29.1 Å². The molecule has 2 aliphatic rings. The molecule has 2 N–H and O–H groups in total. The number of aryl methyl sites for hydroxylation is 2. The summed E-state index contributed by atoms with van der Waals surface area (Å²) in [6.45, 7) is 8.70. The number of sulfonamides is 1. The number of anilines is 2. The van der Waals surface area contributed by atoms with E-state index in [-0.39, 0.29) is 34.6 Å². The summed E-state index contributed by atoms with van der Waals surface area (Å²) in [5.41, 5.74) is 1.23. The first-order valence-corrected chi connectivity index (χ1v) is 16.9. The van der Waals surface area contributed by atoms with Gasteiger partial charge in [-0.1, -0.05) is 36.8 Å². The van der Waals surface area contributed by atoms with Crippen LogP contribution in [0.1, 0.15) is 38.3 Å². The number of nitrogens with zero attached hydrogens (tertiary/aromatic N) is 3. The molecular formula is C34H39N5O9S. The van der Waals surface area contributed by atoms with Gasteiger partial charge in [-0.2, -0.15) is 0 Å². The Morgan fingerprint density at radius 1 is 1.04 bits per heavy atom. The van der Waals surface area contributed by atoms with Crippen molar-refractivity contribution < 1.29 is 41.7 Å². The zero-order valence-corrected chi connectivity index (χ0v) is 29.1. The lowest BCUT2D eigenvalue weighted by Crippen LogP contribution is -2.58. The lowest BCUT2D eigenvalue weighted by Gasteiger charge is -2.33. The van der Waals surface area contributed by atoms with E-state index in [2.05, 4.69) is 15.6 Å². The number of para-hydroxylation sites is 1. The molecule has 2 aliphatic heterocycles. The van der Waals surface area contributed by atoms with Crippen LogP contribution in [0, 0.1) is 13.8 Å². The number of carbonyl (C=O) groups excluding carboxylic acids is 3. The van der Waals surface area contributed by atoms with E-state index in [4.69, 9.17) is 18.9 Å². The number of fused-ring (bicyclic) bond motifs is 1. The first-order valence-electron chi connectivity index (χ1n) is 15.5. The van der Waals surface area contributed by atoms with E-state index in [0.717, 1.165) is 21.2 Å². The van der Waals surface area contributed by atoms with Crippen LogP contribution in [0.3, 0.4) is 0 Å². The Morgan fingerprint density at radius 3 is 2.41 bits per heavy atom. The summed E-state index contributed by atoms with van der Waals surface area (Å²) in [5.74, 6) is -1.21. The molecule has 49 heavy (non-hydrogen) atoms. The van der Waals surface area contributed by atoms with Gasteiger partial charge in [-0.25, -0.2) is 23.1 Å². The van der Waals surface area contributed by atoms with Crippen LogP contribution in [0.4, 0.5) is 21.9 Å². The maximum Gasteiger partial charge on any atom is 0.418 e. The molecule has 0 saturated carbocycles. The van der Waals surface area contributed by atoms with Crippen molar-refractivity contribution in [2.75, 3.05) is 31.5 Å². The van der Waals surface area contributed by atoms with Gasteiger partial charge in [0.25, 0.3) is 21.8 Å². The molecule has 3 aromatic rings. The third kappa shape index (κ3) is 7.03. The summed E-state index contributed by atoms with van der Waals surface area (Å²) in [4.78, 5) is 45.6. The van der Waals surface area contributed by atoms with Crippen molar-refractivity contribution in [2.45, 2.75) is 63.9 Å². The standard InChI is InChI=1S/C34H39N5O9S/c1-8-28(47-25-15-13-20(2)17-21(25)3)46-19-35-22-14-16-26(45-7)24(18-22)37-31(40)29(39-32(41)34(4,5)48-33(39)42)30-36-23-11-9-10-12-27(23)49(43,44)38(30)6/h9-18,28-29,35H,8,19H2,1-7H3,(H,37,40). The van der Waals surface area contributed by atoms with Crippen molar-refractivity contribution in [3.05, 3.63) is 71.8 Å². The van der Waals surface area contributed by atoms with Crippen molar-refractivity contribution in [1.82, 2.24) is 9.21 Å². The first kappa shape index (κ1) is 35.2. The highest BCUT2D eigenvalue weighted by Gasteiger charge is 2.55. The molecule has 2 heterocycles. The van der Waals surface area contributed by atoms with Crippen LogP contribution in [0.15, 0.2) is 70.6 Å². The van der Waals surface area contributed by atoms with Gasteiger partial charge in [0.15, 0.2) is 17.5 Å². The largest absolute Gasteiger partial charge is 0.495 e. The van der Waals surface area contributed by atoms with Gasteiger partial charge < -0.3 is 29.6 Å². The van der Waals surface area contributed by atoms with E-state index in [9.17, 15) is 22.8 Å². The van der Waals surface area contributed by atoms with Gasteiger partial charge in [-0.15, -0.1) is 0 Å². The fraction of sp³-hybridized carbons (Fsp3) is 0.353. The molecule has 1 saturated heterocycles. The molecule has 1 fully saturated rings. The smallest absolute Gasteiger partial charge is 0.418 e. The van der Waals surface area contributed by atoms with E-state index in [0.29, 0.717) is 17.0 Å². The fourth-order valence-electron chi connectivity index (χ4n) is 5.37. The molecule has 5 rings (SSSR count). The molecule has 3 aromatic carbocycles. The zero-order valence-electron chi connectivity index (χ0n) is 28.3. The summed E-state index contributed by atoms with van der Waals surface area (Å²) < 4.78 is 50.5. The van der Waals surface area contributed by atoms with Gasteiger partial charge >= 0.3 is 6.09 Å². The summed E-state index contributed by atoms with van der Waals surface area (Å²) in [6, 6.07) is 14.9. The number of benzene rings is 3. The predicted octanol–water partition coefficient (Wildman–Crippen LogP) is 4.94. The number of cyclic esters (lactones) is 1. The van der Waals surface area contributed by atoms with E-state index in [1.807, 2.05) is 39.0 Å². The van der Waals surface area contributed by atoms with Gasteiger partial charge in [0.05, 0.1) is 18.5 Å². The summed E-state index contributed by atoms with van der Waals surface area (Å²) in [7, 11) is -1.61. The highest BCUT2D eigenvalue weighted by atomic mass is 32.2. The first-order chi connectivity index (χ1) is 23.2. The normalized spacial score (nSPS) is 17.4. The van der Waals surface area contributed by atoms with Crippen LogP contribution in [0.25, 0.3) is 0 Å². The number of hydrogen-bond donors (Lipinski definition) is 2. The summed E-state index contributed by atoms with van der Waals surface area (Å²) >= 11 is 0. The Balaban J connectivity index is 1.41. The number of imide groups is 1. The average molecular weight is 694 g/mol. The molecule has 0 spiro atoms. The number of nitrogens with one attached hydrogen (secondary N) is 2. The predicted molar refractivity (Wildman–Crippen MR) is 182 cm³/mol. The maximum absolute atomic E-state index is 14.2. The van der Waals surface area contributed by atoms with Crippen LogP contribution in [-0.4, -0.2) is 80.2 Å². The summed E-state index contributed by atoms with van der Waals surface area (Å²) in [6.07, 6.45) is -1.09. The molecular weight excluding hydrogens is 654 g/mol. The minimum atomic E-state index is -4.20. The fourth-order valence-corrected chi connectivity index (χ4v) is 6.68. The average Bonchev–Trinajstić information content (AvgIpc) is 3.25. The molecule has 3 amide bonds. The monoisotopic (exact) mass is 693 g/mol. The Morgan fingerprint density at radius 2 is 1.76 bits per heavy atom. The minimum absolute atomic E-state index is 0.0448. The zero-order chi connectivity index (χ0) is 35.7. The number of hydrogen-bond acceptors (Lipinski definition) is 11. The van der Waals surface area contributed by atoms with E-state index < -0.39 is 45.9 Å². The van der Waals surface area contributed by atoms with Crippen molar-refractivity contribution in [1.29, 1.82) is 0 Å². The van der Waals surface area contributed by atoms with Crippen LogP contribution in [0.5, 0.6) is 11.5 Å². The minimum Gasteiger partial charge on any atom is -0.495 e. The van der Waals surface area contributed by atoms with Crippen LogP contribution >= 0.6 is 0 Å². The highest BCUT2D eigenvalue weighted by Crippen LogP contribution is 2.36. The van der Waals surface area contributed by atoms with Crippen LogP contribution in [0.2, 0.25) is 0 Å². The molecule has 0 aliphatic carbocycles. The number of methoxy groups -OCH3 is 1. The third-order valence-corrected chi connectivity index (χ3v) is 9.82. The van der Waals surface area contributed by atoms with E-state index in [1.54, 1.807) is 24.3 Å². The Labute approximate surface area is 285 Å². The Bertz CT molecular complexity index is 1930. The quantitative estimate of drug-likeness (QED) is 0.248. The Kier molecular flexibility index (Phi) is 9.88. The van der Waals surface area contributed by atoms with Crippen molar-refractivity contribution >= 4 is 50.8 Å². The number of rotatable bonds is 12. The second-order valence-corrected chi connectivity index (χ2v) is 13.9. The highest BCUT2D eigenvalue weighted by molar-refractivity contribution is 7.90. The second kappa shape index (κ2) is 13.8. The van der Waals surface area contributed by atoms with Gasteiger partial charge in [0.2, 0.25) is 6.29 Å². The summed E-state index contributed by atoms with van der Waals surface area (Å²) in [5, 5.41) is 5.82.